The number of esters is 2. The molecule has 6 rings (SSSR count). The Balaban J connectivity index is 1.34. The van der Waals surface area contributed by atoms with Gasteiger partial charge >= 0.3 is 11.9 Å². The summed E-state index contributed by atoms with van der Waals surface area (Å²) in [6.07, 6.45) is 5.29. The van der Waals surface area contributed by atoms with Crippen LogP contribution >= 0.6 is 0 Å². The van der Waals surface area contributed by atoms with Gasteiger partial charge in [0.25, 0.3) is 0 Å². The molecule has 0 aromatic heterocycles. The van der Waals surface area contributed by atoms with Crippen LogP contribution in [0.25, 0.3) is 0 Å². The van der Waals surface area contributed by atoms with Crippen LogP contribution in [0.2, 0.25) is 0 Å². The fourth-order valence-electron chi connectivity index (χ4n) is 6.65. The highest BCUT2D eigenvalue weighted by molar-refractivity contribution is 5.74. The van der Waals surface area contributed by atoms with Crippen LogP contribution in [0, 0.1) is 5.92 Å². The molecule has 2 aliphatic carbocycles. The van der Waals surface area contributed by atoms with Crippen molar-refractivity contribution in [1.82, 2.24) is 4.90 Å². The Bertz CT molecular complexity index is 1220. The van der Waals surface area contributed by atoms with Gasteiger partial charge in [0.15, 0.2) is 17.6 Å². The number of piperidine rings is 1. The van der Waals surface area contributed by atoms with E-state index in [2.05, 4.69) is 24.1 Å². The number of benzene rings is 2. The summed E-state index contributed by atoms with van der Waals surface area (Å²) in [6.45, 7) is 2.32. The third-order valence-electron chi connectivity index (χ3n) is 8.14. The summed E-state index contributed by atoms with van der Waals surface area (Å²) in [5, 5.41) is 0. The van der Waals surface area contributed by atoms with E-state index in [1.807, 2.05) is 36.4 Å². The molecule has 1 spiro atoms. The summed E-state index contributed by atoms with van der Waals surface area (Å²) < 4.78 is 23.4. The van der Waals surface area contributed by atoms with Gasteiger partial charge in [-0.15, -0.1) is 0 Å². The van der Waals surface area contributed by atoms with E-state index in [1.54, 1.807) is 7.11 Å². The Kier molecular flexibility index (Phi) is 5.14. The summed E-state index contributed by atoms with van der Waals surface area (Å²) >= 11 is 0. The quantitative estimate of drug-likeness (QED) is 0.373. The van der Waals surface area contributed by atoms with Crippen LogP contribution in [-0.2, 0) is 32.6 Å². The van der Waals surface area contributed by atoms with Gasteiger partial charge in [0.05, 0.1) is 13.5 Å². The maximum Gasteiger partial charge on any atom is 0.310 e. The number of methoxy groups -OCH3 is 1. The Labute approximate surface area is 204 Å². The smallest absolute Gasteiger partial charge is 0.310 e. The van der Waals surface area contributed by atoms with Gasteiger partial charge in [0.1, 0.15) is 11.9 Å². The Hall–Kier alpha value is -3.32. The molecule has 7 nitrogen and oxygen atoms in total. The molecule has 2 bridgehead atoms. The van der Waals surface area contributed by atoms with Crippen molar-refractivity contribution in [2.45, 2.75) is 49.9 Å². The predicted octanol–water partition coefficient (Wildman–Crippen LogP) is 3.22. The SMILES string of the molecule is COc1ccc(CC(=O)O[C@H]2C=C[C@H]3[C@H]4Cc5ccc(OC(C)=O)c6c5[C@@]3(CCN4C)[C@H]2O6)cc1. The molecule has 2 aromatic rings. The van der Waals surface area contributed by atoms with Crippen molar-refractivity contribution < 1.29 is 28.5 Å². The van der Waals surface area contributed by atoms with E-state index in [-0.39, 0.29) is 35.8 Å². The van der Waals surface area contributed by atoms with Gasteiger partial charge in [-0.2, -0.15) is 0 Å². The minimum absolute atomic E-state index is 0.166. The number of ether oxygens (including phenoxy) is 4. The van der Waals surface area contributed by atoms with Gasteiger partial charge in [-0.25, -0.2) is 0 Å². The molecule has 0 unspecified atom stereocenters. The molecule has 2 heterocycles. The minimum Gasteiger partial charge on any atom is -0.497 e. The van der Waals surface area contributed by atoms with Crippen molar-refractivity contribution in [3.05, 3.63) is 65.2 Å². The largest absolute Gasteiger partial charge is 0.497 e. The summed E-state index contributed by atoms with van der Waals surface area (Å²) in [5.41, 5.74) is 2.91. The molecule has 7 heteroatoms. The van der Waals surface area contributed by atoms with Crippen LogP contribution < -0.4 is 14.2 Å². The number of rotatable bonds is 5. The zero-order valence-electron chi connectivity index (χ0n) is 20.2. The van der Waals surface area contributed by atoms with Crippen LogP contribution in [0.15, 0.2) is 48.6 Å². The number of likely N-dealkylation sites (tertiary alicyclic amines) is 1. The minimum atomic E-state index is -0.524. The van der Waals surface area contributed by atoms with Crippen LogP contribution in [-0.4, -0.2) is 55.8 Å². The Morgan fingerprint density at radius 2 is 1.94 bits per heavy atom. The molecular formula is C28H29NO6. The molecular weight excluding hydrogens is 446 g/mol. The van der Waals surface area contributed by atoms with Crippen molar-refractivity contribution >= 4 is 11.9 Å². The fraction of sp³-hybridized carbons (Fsp3) is 0.429. The zero-order valence-corrected chi connectivity index (χ0v) is 20.2. The molecule has 2 aliphatic heterocycles. The number of carbonyl (C=O) groups is 2. The first-order valence-electron chi connectivity index (χ1n) is 12.1. The zero-order chi connectivity index (χ0) is 24.3. The Morgan fingerprint density at radius 1 is 1.14 bits per heavy atom. The van der Waals surface area contributed by atoms with Gasteiger partial charge in [-0.1, -0.05) is 24.3 Å². The first kappa shape index (κ1) is 22.2. The van der Waals surface area contributed by atoms with Crippen molar-refractivity contribution in [3.8, 4) is 17.2 Å². The molecule has 0 N–H and O–H groups in total. The van der Waals surface area contributed by atoms with E-state index in [0.717, 1.165) is 36.3 Å². The topological polar surface area (TPSA) is 74.3 Å². The maximum absolute atomic E-state index is 13.0. The lowest BCUT2D eigenvalue weighted by Crippen LogP contribution is -2.65. The molecule has 0 saturated carbocycles. The molecule has 35 heavy (non-hydrogen) atoms. The third kappa shape index (κ3) is 3.36. The summed E-state index contributed by atoms with van der Waals surface area (Å²) in [5.74, 6) is 1.37. The van der Waals surface area contributed by atoms with Gasteiger partial charge in [-0.05, 0) is 61.8 Å². The predicted molar refractivity (Wildman–Crippen MR) is 128 cm³/mol. The first-order valence-corrected chi connectivity index (χ1v) is 12.1. The standard InChI is InChI=1S/C28H29NO6/c1-16(30)33-22-10-6-18-15-21-20-9-11-23(34-24(31)14-17-4-7-19(32-3)8-5-17)27-28(20,12-13-29(21)2)25(18)26(22)35-27/h4-11,20-21,23,27H,12-15H2,1-3H3/t20-,21+,23-,27-,28-/m0/s1. The number of hydrogen-bond acceptors (Lipinski definition) is 7. The highest BCUT2D eigenvalue weighted by Crippen LogP contribution is 2.62. The van der Waals surface area contributed by atoms with Gasteiger partial charge < -0.3 is 23.8 Å². The number of hydrogen-bond donors (Lipinski definition) is 0. The second-order valence-electron chi connectivity index (χ2n) is 9.99. The molecule has 4 aliphatic rings. The summed E-state index contributed by atoms with van der Waals surface area (Å²) in [7, 11) is 3.79. The number of likely N-dealkylation sites (N-methyl/N-ethyl adjacent to an activating group) is 1. The van der Waals surface area contributed by atoms with E-state index >= 15 is 0 Å². The normalized spacial score (nSPS) is 29.7. The fourth-order valence-corrected chi connectivity index (χ4v) is 6.65. The van der Waals surface area contributed by atoms with Crippen LogP contribution in [0.1, 0.15) is 30.0 Å². The van der Waals surface area contributed by atoms with Crippen molar-refractivity contribution in [2.75, 3.05) is 20.7 Å². The summed E-state index contributed by atoms with van der Waals surface area (Å²) in [6, 6.07) is 11.7. The van der Waals surface area contributed by atoms with E-state index in [0.29, 0.717) is 17.5 Å². The van der Waals surface area contributed by atoms with Crippen molar-refractivity contribution in [3.63, 3.8) is 0 Å². The number of nitrogens with zero attached hydrogens (tertiary/aromatic N) is 1. The van der Waals surface area contributed by atoms with Gasteiger partial charge in [0.2, 0.25) is 0 Å². The molecule has 0 radical (unpaired) electrons. The van der Waals surface area contributed by atoms with Crippen molar-refractivity contribution in [2.24, 2.45) is 5.92 Å². The average Bonchev–Trinajstić information content (AvgIpc) is 3.19. The second-order valence-corrected chi connectivity index (χ2v) is 9.99. The van der Waals surface area contributed by atoms with E-state index in [1.165, 1.54) is 12.5 Å². The van der Waals surface area contributed by atoms with Crippen LogP contribution in [0.3, 0.4) is 0 Å². The van der Waals surface area contributed by atoms with Gasteiger partial charge in [0, 0.05) is 29.9 Å². The van der Waals surface area contributed by atoms with Gasteiger partial charge in [-0.3, -0.25) is 9.59 Å². The molecule has 182 valence electrons. The lowest BCUT2D eigenvalue weighted by molar-refractivity contribution is -0.154. The molecule has 5 atom stereocenters. The molecule has 2 aromatic carbocycles. The maximum atomic E-state index is 13.0. The average molecular weight is 476 g/mol. The van der Waals surface area contributed by atoms with E-state index < -0.39 is 6.10 Å². The van der Waals surface area contributed by atoms with E-state index in [4.69, 9.17) is 18.9 Å². The molecule has 0 amide bonds. The van der Waals surface area contributed by atoms with Crippen molar-refractivity contribution in [1.29, 1.82) is 0 Å². The van der Waals surface area contributed by atoms with Crippen LogP contribution in [0.4, 0.5) is 0 Å². The third-order valence-corrected chi connectivity index (χ3v) is 8.14. The molecule has 1 saturated heterocycles. The number of carbonyl (C=O) groups excluding carboxylic acids is 2. The van der Waals surface area contributed by atoms with Crippen LogP contribution in [0.5, 0.6) is 17.2 Å². The first-order chi connectivity index (χ1) is 16.9. The highest BCUT2D eigenvalue weighted by atomic mass is 16.6. The lowest BCUT2D eigenvalue weighted by Gasteiger charge is -2.56. The lowest BCUT2D eigenvalue weighted by atomic mass is 9.53. The van der Waals surface area contributed by atoms with E-state index in [9.17, 15) is 9.59 Å². The summed E-state index contributed by atoms with van der Waals surface area (Å²) in [4.78, 5) is 27.2. The second kappa shape index (κ2) is 8.12. The molecule has 1 fully saturated rings. The Morgan fingerprint density at radius 3 is 2.69 bits per heavy atom. The monoisotopic (exact) mass is 475 g/mol. The highest BCUT2D eigenvalue weighted by Gasteiger charge is 2.65.